The molecule has 0 fully saturated rings. The Morgan fingerprint density at radius 1 is 0.714 bits per heavy atom. The molecule has 0 aromatic carbocycles. The predicted molar refractivity (Wildman–Crippen MR) is 66.5 cm³/mol. The zero-order valence-electron chi connectivity index (χ0n) is 11.6. The Morgan fingerprint density at radius 2 is 1.07 bits per heavy atom. The minimum absolute atomic E-state index is 0.438. The Hall–Kier alpha value is 0. The molecule has 0 N–H and O–H groups in total. The van der Waals surface area contributed by atoms with E-state index in [9.17, 15) is 0 Å². The smallest absolute Gasteiger partial charge is 0.0316 e. The van der Waals surface area contributed by atoms with Crippen molar-refractivity contribution in [3.05, 3.63) is 0 Å². The Labute approximate surface area is 91.5 Å². The standard InChI is InChI=1S/C14H30/c1-11(2)9-10-12(13(3,4)5)14(6,7)8/h11-12H,9-10H2,1-8H3. The Morgan fingerprint density at radius 3 is 1.29 bits per heavy atom. The van der Waals surface area contributed by atoms with E-state index < -0.39 is 0 Å². The van der Waals surface area contributed by atoms with Crippen molar-refractivity contribution >= 4 is 0 Å². The lowest BCUT2D eigenvalue weighted by atomic mass is 9.64. The first kappa shape index (κ1) is 14.0. The summed E-state index contributed by atoms with van der Waals surface area (Å²) in [5.41, 5.74) is 0.875. The van der Waals surface area contributed by atoms with E-state index in [1.165, 1.54) is 12.8 Å². The van der Waals surface area contributed by atoms with E-state index in [2.05, 4.69) is 55.4 Å². The molecular formula is C14H30. The van der Waals surface area contributed by atoms with Gasteiger partial charge in [0.05, 0.1) is 0 Å². The third-order valence-corrected chi connectivity index (χ3v) is 3.12. The van der Waals surface area contributed by atoms with Crippen molar-refractivity contribution in [2.75, 3.05) is 0 Å². The molecule has 0 heteroatoms. The molecule has 0 aliphatic rings. The van der Waals surface area contributed by atoms with Gasteiger partial charge in [-0.05, 0) is 29.1 Å². The van der Waals surface area contributed by atoms with E-state index in [0.29, 0.717) is 10.8 Å². The highest BCUT2D eigenvalue weighted by atomic mass is 14.4. The van der Waals surface area contributed by atoms with Gasteiger partial charge in [-0.2, -0.15) is 0 Å². The van der Waals surface area contributed by atoms with Crippen LogP contribution < -0.4 is 0 Å². The van der Waals surface area contributed by atoms with Gasteiger partial charge >= 0.3 is 0 Å². The van der Waals surface area contributed by atoms with E-state index in [-0.39, 0.29) is 0 Å². The van der Waals surface area contributed by atoms with Gasteiger partial charge in [-0.15, -0.1) is 0 Å². The quantitative estimate of drug-likeness (QED) is 0.589. The molecule has 0 spiro atoms. The lowest BCUT2D eigenvalue weighted by Gasteiger charge is -2.41. The monoisotopic (exact) mass is 198 g/mol. The molecule has 0 bridgehead atoms. The lowest BCUT2D eigenvalue weighted by Crippen LogP contribution is -2.32. The number of rotatable bonds is 3. The first-order valence-electron chi connectivity index (χ1n) is 6.05. The van der Waals surface area contributed by atoms with Crippen LogP contribution in [-0.2, 0) is 0 Å². The van der Waals surface area contributed by atoms with E-state index in [1.54, 1.807) is 0 Å². The van der Waals surface area contributed by atoms with Gasteiger partial charge in [-0.25, -0.2) is 0 Å². The SMILES string of the molecule is CC(C)CCC(C(C)(C)C)C(C)(C)C. The molecule has 0 aliphatic carbocycles. The van der Waals surface area contributed by atoms with Crippen LogP contribution in [0.15, 0.2) is 0 Å². The summed E-state index contributed by atoms with van der Waals surface area (Å²) in [7, 11) is 0. The van der Waals surface area contributed by atoms with Gasteiger partial charge in [0.2, 0.25) is 0 Å². The Bertz CT molecular complexity index is 138. The summed E-state index contributed by atoms with van der Waals surface area (Å²) in [5, 5.41) is 0. The summed E-state index contributed by atoms with van der Waals surface area (Å²) in [6.45, 7) is 18.9. The fourth-order valence-corrected chi connectivity index (χ4v) is 2.67. The van der Waals surface area contributed by atoms with E-state index >= 15 is 0 Å². The average molecular weight is 198 g/mol. The molecule has 0 saturated carbocycles. The van der Waals surface area contributed by atoms with Crippen molar-refractivity contribution in [1.82, 2.24) is 0 Å². The van der Waals surface area contributed by atoms with Gasteiger partial charge < -0.3 is 0 Å². The van der Waals surface area contributed by atoms with Crippen LogP contribution in [0.4, 0.5) is 0 Å². The van der Waals surface area contributed by atoms with Crippen molar-refractivity contribution in [3.63, 3.8) is 0 Å². The molecule has 0 amide bonds. The van der Waals surface area contributed by atoms with Gasteiger partial charge in [0.15, 0.2) is 0 Å². The van der Waals surface area contributed by atoms with Crippen molar-refractivity contribution < 1.29 is 0 Å². The van der Waals surface area contributed by atoms with Crippen LogP contribution in [0.5, 0.6) is 0 Å². The second-order valence-corrected chi connectivity index (χ2v) is 7.26. The number of hydrogen-bond acceptors (Lipinski definition) is 0. The molecule has 0 atom stereocenters. The van der Waals surface area contributed by atoms with Crippen LogP contribution >= 0.6 is 0 Å². The van der Waals surface area contributed by atoms with Gasteiger partial charge in [0, 0.05) is 0 Å². The van der Waals surface area contributed by atoms with Crippen LogP contribution in [0.1, 0.15) is 68.2 Å². The molecule has 0 rings (SSSR count). The number of hydrogen-bond donors (Lipinski definition) is 0. The fraction of sp³-hybridized carbons (Fsp3) is 1.00. The first-order valence-corrected chi connectivity index (χ1v) is 6.05. The Balaban J connectivity index is 4.44. The molecule has 86 valence electrons. The van der Waals surface area contributed by atoms with E-state index in [4.69, 9.17) is 0 Å². The summed E-state index contributed by atoms with van der Waals surface area (Å²) in [6, 6.07) is 0. The zero-order valence-corrected chi connectivity index (χ0v) is 11.6. The minimum atomic E-state index is 0.438. The molecule has 0 aliphatic heterocycles. The summed E-state index contributed by atoms with van der Waals surface area (Å²) >= 11 is 0. The van der Waals surface area contributed by atoms with Gasteiger partial charge in [-0.1, -0.05) is 61.8 Å². The highest BCUT2D eigenvalue weighted by molar-refractivity contribution is 4.83. The molecule has 0 radical (unpaired) electrons. The van der Waals surface area contributed by atoms with Gasteiger partial charge in [0.25, 0.3) is 0 Å². The summed E-state index contributed by atoms with van der Waals surface area (Å²) in [6.07, 6.45) is 2.73. The van der Waals surface area contributed by atoms with E-state index in [0.717, 1.165) is 11.8 Å². The Kier molecular flexibility index (Phi) is 4.68. The highest BCUT2D eigenvalue weighted by Crippen LogP contribution is 2.43. The summed E-state index contributed by atoms with van der Waals surface area (Å²) in [5.74, 6) is 1.65. The lowest BCUT2D eigenvalue weighted by molar-refractivity contribution is 0.0870. The topological polar surface area (TPSA) is 0 Å². The third kappa shape index (κ3) is 5.02. The maximum absolute atomic E-state index is 2.38. The first-order chi connectivity index (χ1) is 6.05. The van der Waals surface area contributed by atoms with E-state index in [1.807, 2.05) is 0 Å². The summed E-state index contributed by atoms with van der Waals surface area (Å²) in [4.78, 5) is 0. The third-order valence-electron chi connectivity index (χ3n) is 3.12. The van der Waals surface area contributed by atoms with Crippen LogP contribution in [0, 0.1) is 22.7 Å². The molecule has 14 heavy (non-hydrogen) atoms. The molecule has 0 heterocycles. The van der Waals surface area contributed by atoms with Crippen molar-refractivity contribution in [3.8, 4) is 0 Å². The van der Waals surface area contributed by atoms with Gasteiger partial charge in [0.1, 0.15) is 0 Å². The molecule has 0 saturated heterocycles. The van der Waals surface area contributed by atoms with Crippen LogP contribution in [0.3, 0.4) is 0 Å². The van der Waals surface area contributed by atoms with Crippen molar-refractivity contribution in [2.45, 2.75) is 68.2 Å². The normalized spacial score (nSPS) is 14.1. The highest BCUT2D eigenvalue weighted by Gasteiger charge is 2.34. The van der Waals surface area contributed by atoms with Crippen molar-refractivity contribution in [2.24, 2.45) is 22.7 Å². The van der Waals surface area contributed by atoms with Crippen LogP contribution in [0.25, 0.3) is 0 Å². The van der Waals surface area contributed by atoms with Gasteiger partial charge in [-0.3, -0.25) is 0 Å². The maximum atomic E-state index is 2.38. The second kappa shape index (κ2) is 4.68. The molecule has 0 aromatic rings. The van der Waals surface area contributed by atoms with Crippen LogP contribution in [0.2, 0.25) is 0 Å². The molecular weight excluding hydrogens is 168 g/mol. The largest absolute Gasteiger partial charge is 0.0628 e. The predicted octanol–water partition coefficient (Wildman–Crippen LogP) is 5.13. The summed E-state index contributed by atoms with van der Waals surface area (Å²) < 4.78 is 0. The second-order valence-electron chi connectivity index (χ2n) is 7.26. The van der Waals surface area contributed by atoms with Crippen molar-refractivity contribution in [1.29, 1.82) is 0 Å². The fourth-order valence-electron chi connectivity index (χ4n) is 2.67. The average Bonchev–Trinajstić information content (AvgIpc) is 1.78. The zero-order chi connectivity index (χ0) is 11.6. The molecule has 0 nitrogen and oxygen atoms in total. The molecule has 0 aromatic heterocycles. The maximum Gasteiger partial charge on any atom is -0.0316 e. The minimum Gasteiger partial charge on any atom is -0.0628 e. The van der Waals surface area contributed by atoms with Crippen LogP contribution in [-0.4, -0.2) is 0 Å². The molecule has 0 unspecified atom stereocenters.